The van der Waals surface area contributed by atoms with E-state index in [9.17, 15) is 26.4 Å². The summed E-state index contributed by atoms with van der Waals surface area (Å²) in [6, 6.07) is 7.99. The predicted octanol–water partition coefficient (Wildman–Crippen LogP) is 4.01. The van der Waals surface area contributed by atoms with Gasteiger partial charge in [0.05, 0.1) is 28.1 Å². The van der Waals surface area contributed by atoms with Gasteiger partial charge in [-0.25, -0.2) is 8.42 Å². The Morgan fingerprint density at radius 2 is 1.69 bits per heavy atom. The van der Waals surface area contributed by atoms with E-state index < -0.39 is 27.7 Å². The van der Waals surface area contributed by atoms with Crippen molar-refractivity contribution >= 4 is 38.9 Å². The molecule has 0 heterocycles. The second-order valence-corrected chi connectivity index (χ2v) is 7.84. The highest BCUT2D eigenvalue weighted by atomic mass is 35.5. The minimum absolute atomic E-state index is 0.00223. The van der Waals surface area contributed by atoms with Crippen LogP contribution in [0.1, 0.15) is 15.9 Å². The third-order valence-electron chi connectivity index (χ3n) is 3.53. The number of alkyl halides is 3. The van der Waals surface area contributed by atoms with Crippen LogP contribution in [0, 0.1) is 0 Å². The second-order valence-electron chi connectivity index (χ2n) is 5.42. The minimum Gasteiger partial charge on any atom is -0.322 e. The van der Waals surface area contributed by atoms with Crippen molar-refractivity contribution < 1.29 is 26.4 Å². The van der Waals surface area contributed by atoms with Gasteiger partial charge in [-0.2, -0.15) is 13.2 Å². The zero-order valence-corrected chi connectivity index (χ0v) is 15.2. The maximum Gasteiger partial charge on any atom is 0.416 e. The van der Waals surface area contributed by atoms with Gasteiger partial charge >= 0.3 is 6.18 Å². The van der Waals surface area contributed by atoms with Gasteiger partial charge < -0.3 is 5.32 Å². The number of halogens is 4. The lowest BCUT2D eigenvalue weighted by Crippen LogP contribution is -2.25. The molecule has 0 atom stereocenters. The van der Waals surface area contributed by atoms with Crippen LogP contribution in [0.15, 0.2) is 42.5 Å². The van der Waals surface area contributed by atoms with Crippen molar-refractivity contribution in [2.45, 2.75) is 6.18 Å². The van der Waals surface area contributed by atoms with Gasteiger partial charge in [0.1, 0.15) is 0 Å². The Labute approximate surface area is 153 Å². The summed E-state index contributed by atoms with van der Waals surface area (Å²) in [4.78, 5) is 12.2. The average Bonchev–Trinajstić information content (AvgIpc) is 2.52. The molecule has 2 aromatic carbocycles. The smallest absolute Gasteiger partial charge is 0.322 e. The van der Waals surface area contributed by atoms with Crippen molar-refractivity contribution in [2.24, 2.45) is 0 Å². The van der Waals surface area contributed by atoms with Crippen LogP contribution in [0.2, 0.25) is 5.02 Å². The minimum atomic E-state index is -4.46. The fraction of sp³-hybridized carbons (Fsp3) is 0.188. The third-order valence-corrected chi connectivity index (χ3v) is 5.05. The van der Waals surface area contributed by atoms with Crippen molar-refractivity contribution in [3.63, 3.8) is 0 Å². The normalized spacial score (nSPS) is 11.9. The molecule has 2 rings (SSSR count). The molecule has 26 heavy (non-hydrogen) atoms. The standard InChI is InChI=1S/C16H14ClF3N2O3S/c1-22(26(2,24)25)12-7-8-13(14(17)9-12)15(23)21-11-5-3-10(4-6-11)16(18,19)20/h3-9H,1-2H3,(H,21,23). The Kier molecular flexibility index (Phi) is 5.52. The van der Waals surface area contributed by atoms with E-state index in [2.05, 4.69) is 5.32 Å². The van der Waals surface area contributed by atoms with Crippen molar-refractivity contribution in [3.8, 4) is 0 Å². The van der Waals surface area contributed by atoms with Crippen molar-refractivity contribution in [3.05, 3.63) is 58.6 Å². The van der Waals surface area contributed by atoms with Gasteiger partial charge in [-0.1, -0.05) is 11.6 Å². The van der Waals surface area contributed by atoms with Crippen molar-refractivity contribution in [1.82, 2.24) is 0 Å². The third kappa shape index (κ3) is 4.67. The second kappa shape index (κ2) is 7.16. The van der Waals surface area contributed by atoms with Gasteiger partial charge in [0.15, 0.2) is 0 Å². The summed E-state index contributed by atoms with van der Waals surface area (Å²) in [6.45, 7) is 0. The summed E-state index contributed by atoms with van der Waals surface area (Å²) in [6.07, 6.45) is -3.44. The molecule has 0 aliphatic rings. The molecule has 1 N–H and O–H groups in total. The van der Waals surface area contributed by atoms with E-state index in [4.69, 9.17) is 11.6 Å². The topological polar surface area (TPSA) is 66.5 Å². The number of hydrogen-bond donors (Lipinski definition) is 1. The van der Waals surface area contributed by atoms with Gasteiger partial charge in [-0.3, -0.25) is 9.10 Å². The lowest BCUT2D eigenvalue weighted by atomic mass is 10.1. The van der Waals surface area contributed by atoms with Crippen LogP contribution < -0.4 is 9.62 Å². The van der Waals surface area contributed by atoms with E-state index in [1.165, 1.54) is 25.2 Å². The number of benzene rings is 2. The number of nitrogens with zero attached hydrogens (tertiary/aromatic N) is 1. The van der Waals surface area contributed by atoms with E-state index in [0.29, 0.717) is 0 Å². The zero-order valence-electron chi connectivity index (χ0n) is 13.6. The molecule has 0 aliphatic carbocycles. The van der Waals surface area contributed by atoms with Crippen LogP contribution in [0.3, 0.4) is 0 Å². The molecule has 0 unspecified atom stereocenters. The molecular weight excluding hydrogens is 393 g/mol. The molecule has 0 saturated carbocycles. The zero-order chi connectivity index (χ0) is 19.7. The summed E-state index contributed by atoms with van der Waals surface area (Å²) in [5, 5.41) is 2.44. The van der Waals surface area contributed by atoms with Gasteiger partial charge in [-0.15, -0.1) is 0 Å². The van der Waals surface area contributed by atoms with Gasteiger partial charge in [0.2, 0.25) is 10.0 Å². The quantitative estimate of drug-likeness (QED) is 0.834. The molecule has 2 aromatic rings. The number of sulfonamides is 1. The van der Waals surface area contributed by atoms with Crippen LogP contribution in [-0.4, -0.2) is 27.6 Å². The van der Waals surface area contributed by atoms with Crippen LogP contribution >= 0.6 is 11.6 Å². The summed E-state index contributed by atoms with van der Waals surface area (Å²) in [7, 11) is -2.15. The van der Waals surface area contributed by atoms with E-state index in [0.717, 1.165) is 34.8 Å². The molecule has 0 radical (unpaired) electrons. The highest BCUT2D eigenvalue weighted by Crippen LogP contribution is 2.30. The SMILES string of the molecule is CN(c1ccc(C(=O)Nc2ccc(C(F)(F)F)cc2)c(Cl)c1)S(C)(=O)=O. The molecule has 5 nitrogen and oxygen atoms in total. The molecule has 0 bridgehead atoms. The Balaban J connectivity index is 2.20. The maximum absolute atomic E-state index is 12.5. The highest BCUT2D eigenvalue weighted by molar-refractivity contribution is 7.92. The number of rotatable bonds is 4. The van der Waals surface area contributed by atoms with E-state index in [1.54, 1.807) is 0 Å². The van der Waals surface area contributed by atoms with Gasteiger partial charge in [0, 0.05) is 12.7 Å². The lowest BCUT2D eigenvalue weighted by Gasteiger charge is -2.17. The molecule has 0 aliphatic heterocycles. The molecule has 10 heteroatoms. The van der Waals surface area contributed by atoms with Gasteiger partial charge in [0.25, 0.3) is 5.91 Å². The molecular formula is C16H14ClF3N2O3S. The van der Waals surface area contributed by atoms with Crippen molar-refractivity contribution in [2.75, 3.05) is 22.9 Å². The first kappa shape index (κ1) is 20.1. The Morgan fingerprint density at radius 3 is 2.15 bits per heavy atom. The largest absolute Gasteiger partial charge is 0.416 e. The summed E-state index contributed by atoms with van der Waals surface area (Å²) in [5.41, 5.74) is -0.348. The number of carbonyl (C=O) groups is 1. The number of hydrogen-bond acceptors (Lipinski definition) is 3. The van der Waals surface area contributed by atoms with Gasteiger partial charge in [-0.05, 0) is 42.5 Å². The van der Waals surface area contributed by atoms with Crippen LogP contribution in [0.5, 0.6) is 0 Å². The molecule has 0 fully saturated rings. The molecule has 1 amide bonds. The van der Waals surface area contributed by atoms with Crippen molar-refractivity contribution in [1.29, 1.82) is 0 Å². The van der Waals surface area contributed by atoms with E-state index in [-0.39, 0.29) is 22.0 Å². The van der Waals surface area contributed by atoms with Crippen LogP contribution in [0.25, 0.3) is 0 Å². The number of amides is 1. The summed E-state index contributed by atoms with van der Waals surface area (Å²) < 4.78 is 61.7. The van der Waals surface area contributed by atoms with E-state index >= 15 is 0 Å². The molecule has 0 aromatic heterocycles. The number of carbonyl (C=O) groups excluding carboxylic acids is 1. The first-order chi connectivity index (χ1) is 11.9. The monoisotopic (exact) mass is 406 g/mol. The fourth-order valence-corrected chi connectivity index (χ4v) is 2.77. The number of nitrogens with one attached hydrogen (secondary N) is 1. The molecule has 0 saturated heterocycles. The first-order valence-corrected chi connectivity index (χ1v) is 9.34. The Morgan fingerprint density at radius 1 is 1.12 bits per heavy atom. The number of anilines is 2. The first-order valence-electron chi connectivity index (χ1n) is 7.11. The lowest BCUT2D eigenvalue weighted by molar-refractivity contribution is -0.137. The molecule has 140 valence electrons. The maximum atomic E-state index is 12.5. The Hall–Kier alpha value is -2.26. The summed E-state index contributed by atoms with van der Waals surface area (Å²) >= 11 is 6.04. The molecule has 0 spiro atoms. The van der Waals surface area contributed by atoms with Crippen LogP contribution in [0.4, 0.5) is 24.5 Å². The predicted molar refractivity (Wildman–Crippen MR) is 94.1 cm³/mol. The highest BCUT2D eigenvalue weighted by Gasteiger charge is 2.30. The average molecular weight is 407 g/mol. The Bertz CT molecular complexity index is 929. The van der Waals surface area contributed by atoms with E-state index in [1.807, 2.05) is 0 Å². The summed E-state index contributed by atoms with van der Waals surface area (Å²) in [5.74, 6) is -0.636. The van der Waals surface area contributed by atoms with Crippen LogP contribution in [-0.2, 0) is 16.2 Å². The fourth-order valence-electron chi connectivity index (χ4n) is 2.02.